The highest BCUT2D eigenvalue weighted by Gasteiger charge is 2.37. The van der Waals surface area contributed by atoms with E-state index >= 15 is 0 Å². The predicted molar refractivity (Wildman–Crippen MR) is 100 cm³/mol. The Labute approximate surface area is 153 Å². The Balaban J connectivity index is 1.48. The molecule has 1 saturated carbocycles. The number of hydrogen-bond donors (Lipinski definition) is 2. The zero-order chi connectivity index (χ0) is 17.9. The lowest BCUT2D eigenvalue weighted by Crippen LogP contribution is -2.54. The number of ether oxygens (including phenoxy) is 1. The van der Waals surface area contributed by atoms with Crippen LogP contribution in [0.5, 0.6) is 0 Å². The fourth-order valence-electron chi connectivity index (χ4n) is 4.67. The average molecular weight is 374 g/mol. The van der Waals surface area contributed by atoms with Crippen molar-refractivity contribution in [1.82, 2.24) is 14.9 Å². The van der Waals surface area contributed by atoms with Gasteiger partial charge in [0.05, 0.1) is 19.0 Å². The van der Waals surface area contributed by atoms with Gasteiger partial charge in [0.15, 0.2) is 0 Å². The van der Waals surface area contributed by atoms with E-state index in [4.69, 9.17) is 4.74 Å². The molecule has 2 saturated heterocycles. The Morgan fingerprint density at radius 1 is 1.20 bits per heavy atom. The Kier molecular flexibility index (Phi) is 6.77. The van der Waals surface area contributed by atoms with Crippen LogP contribution in [0.15, 0.2) is 0 Å². The van der Waals surface area contributed by atoms with Crippen LogP contribution in [0, 0.1) is 11.8 Å². The van der Waals surface area contributed by atoms with Gasteiger partial charge in [-0.1, -0.05) is 20.3 Å². The van der Waals surface area contributed by atoms with Crippen LogP contribution < -0.4 is 10.6 Å². The number of rotatable bonds is 6. The maximum atomic E-state index is 12.4. The minimum atomic E-state index is -3.08. The third kappa shape index (κ3) is 5.16. The molecular weight excluding hydrogens is 338 g/mol. The lowest BCUT2D eigenvalue weighted by atomic mass is 9.92. The van der Waals surface area contributed by atoms with Crippen molar-refractivity contribution in [2.45, 2.75) is 64.1 Å². The van der Waals surface area contributed by atoms with E-state index < -0.39 is 10.0 Å². The van der Waals surface area contributed by atoms with Gasteiger partial charge in [-0.05, 0) is 37.5 Å². The average Bonchev–Trinajstić information content (AvgIpc) is 3.03. The van der Waals surface area contributed by atoms with Gasteiger partial charge in [0.1, 0.15) is 0 Å². The molecule has 25 heavy (non-hydrogen) atoms. The van der Waals surface area contributed by atoms with Crippen molar-refractivity contribution in [3.05, 3.63) is 0 Å². The Hall–Kier alpha value is -0.210. The van der Waals surface area contributed by atoms with E-state index in [1.165, 1.54) is 19.3 Å². The summed E-state index contributed by atoms with van der Waals surface area (Å²) < 4.78 is 32.1. The highest BCUT2D eigenvalue weighted by atomic mass is 32.2. The summed E-state index contributed by atoms with van der Waals surface area (Å²) in [7, 11) is -3.08. The first-order valence-corrected chi connectivity index (χ1v) is 11.6. The van der Waals surface area contributed by atoms with Gasteiger partial charge in [-0.3, -0.25) is 0 Å². The minimum Gasteiger partial charge on any atom is -0.379 e. The molecule has 0 bridgehead atoms. The van der Waals surface area contributed by atoms with Crippen LogP contribution in [0.4, 0.5) is 0 Å². The van der Waals surface area contributed by atoms with Gasteiger partial charge in [0, 0.05) is 37.8 Å². The van der Waals surface area contributed by atoms with E-state index in [9.17, 15) is 8.42 Å². The molecule has 7 heteroatoms. The smallest absolute Gasteiger partial charge is 0.214 e. The van der Waals surface area contributed by atoms with Crippen LogP contribution in [0.25, 0.3) is 0 Å². The molecule has 3 rings (SSSR count). The predicted octanol–water partition coefficient (Wildman–Crippen LogP) is 1.18. The van der Waals surface area contributed by atoms with Crippen molar-refractivity contribution in [1.29, 1.82) is 0 Å². The largest absolute Gasteiger partial charge is 0.379 e. The summed E-state index contributed by atoms with van der Waals surface area (Å²) in [6.45, 7) is 7.87. The first-order valence-electron chi connectivity index (χ1n) is 10.0. The molecule has 0 aromatic carbocycles. The van der Waals surface area contributed by atoms with Gasteiger partial charge in [0.25, 0.3) is 0 Å². The van der Waals surface area contributed by atoms with Crippen LogP contribution in [0.3, 0.4) is 0 Å². The van der Waals surface area contributed by atoms with Crippen molar-refractivity contribution < 1.29 is 13.2 Å². The van der Waals surface area contributed by atoms with Crippen LogP contribution >= 0.6 is 0 Å². The van der Waals surface area contributed by atoms with Crippen molar-refractivity contribution in [2.24, 2.45) is 11.8 Å². The monoisotopic (exact) mass is 373 g/mol. The normalized spacial score (nSPS) is 33.2. The summed E-state index contributed by atoms with van der Waals surface area (Å²) in [5.41, 5.74) is 0. The highest BCUT2D eigenvalue weighted by molar-refractivity contribution is 7.89. The molecule has 3 fully saturated rings. The van der Waals surface area contributed by atoms with Gasteiger partial charge < -0.3 is 15.4 Å². The van der Waals surface area contributed by atoms with Crippen molar-refractivity contribution in [2.75, 3.05) is 38.6 Å². The summed E-state index contributed by atoms with van der Waals surface area (Å²) >= 11 is 0. The second-order valence-electron chi connectivity index (χ2n) is 8.35. The Bertz CT molecular complexity index is 512. The van der Waals surface area contributed by atoms with E-state index in [0.717, 1.165) is 32.6 Å². The second-order valence-corrected chi connectivity index (χ2v) is 10.4. The molecule has 0 spiro atoms. The van der Waals surface area contributed by atoms with E-state index in [2.05, 4.69) is 10.6 Å². The molecule has 3 unspecified atom stereocenters. The summed E-state index contributed by atoms with van der Waals surface area (Å²) in [6.07, 6.45) is 5.63. The summed E-state index contributed by atoms with van der Waals surface area (Å²) in [4.78, 5) is 0. The molecule has 2 aliphatic heterocycles. The van der Waals surface area contributed by atoms with E-state index in [-0.39, 0.29) is 11.7 Å². The molecule has 146 valence electrons. The Morgan fingerprint density at radius 2 is 1.96 bits per heavy atom. The number of piperidine rings is 1. The number of nitrogens with zero attached hydrogens (tertiary/aromatic N) is 1. The van der Waals surface area contributed by atoms with Gasteiger partial charge in [-0.25, -0.2) is 12.7 Å². The quantitative estimate of drug-likeness (QED) is 0.732. The molecule has 3 atom stereocenters. The van der Waals surface area contributed by atoms with Gasteiger partial charge in [-0.15, -0.1) is 0 Å². The maximum Gasteiger partial charge on any atom is 0.214 e. The van der Waals surface area contributed by atoms with Gasteiger partial charge in [0.2, 0.25) is 10.0 Å². The third-order valence-corrected chi connectivity index (χ3v) is 8.12. The number of hydrogen-bond acceptors (Lipinski definition) is 5. The minimum absolute atomic E-state index is 0.185. The third-order valence-electron chi connectivity index (χ3n) is 5.88. The van der Waals surface area contributed by atoms with E-state index in [1.807, 2.05) is 13.8 Å². The molecule has 0 aromatic heterocycles. The summed E-state index contributed by atoms with van der Waals surface area (Å²) in [5.74, 6) is 1.09. The second kappa shape index (κ2) is 8.65. The number of nitrogens with one attached hydrogen (secondary N) is 2. The number of sulfonamides is 1. The fourth-order valence-corrected chi connectivity index (χ4v) is 6.49. The fraction of sp³-hybridized carbons (Fsp3) is 1.00. The zero-order valence-corrected chi connectivity index (χ0v) is 16.6. The maximum absolute atomic E-state index is 12.4. The SMILES string of the molecule is CC(C)CS(=O)(=O)N1CCC(NC2CCCC2C2COCCN2)CC1. The lowest BCUT2D eigenvalue weighted by molar-refractivity contribution is 0.0510. The van der Waals surface area contributed by atoms with E-state index in [1.54, 1.807) is 4.31 Å². The van der Waals surface area contributed by atoms with Crippen LogP contribution in [0.2, 0.25) is 0 Å². The lowest BCUT2D eigenvalue weighted by Gasteiger charge is -2.37. The molecule has 0 amide bonds. The molecule has 6 nitrogen and oxygen atoms in total. The van der Waals surface area contributed by atoms with Crippen LogP contribution in [-0.2, 0) is 14.8 Å². The van der Waals surface area contributed by atoms with Crippen molar-refractivity contribution >= 4 is 10.0 Å². The first-order chi connectivity index (χ1) is 12.0. The topological polar surface area (TPSA) is 70.7 Å². The van der Waals surface area contributed by atoms with Gasteiger partial charge in [-0.2, -0.15) is 0 Å². The van der Waals surface area contributed by atoms with Gasteiger partial charge >= 0.3 is 0 Å². The first kappa shape index (κ1) is 19.5. The van der Waals surface area contributed by atoms with Crippen LogP contribution in [0.1, 0.15) is 46.0 Å². The molecule has 0 aromatic rings. The highest BCUT2D eigenvalue weighted by Crippen LogP contribution is 2.30. The molecule has 0 radical (unpaired) electrons. The Morgan fingerprint density at radius 3 is 2.60 bits per heavy atom. The van der Waals surface area contributed by atoms with Crippen LogP contribution in [-0.4, -0.2) is 69.4 Å². The summed E-state index contributed by atoms with van der Waals surface area (Å²) in [5, 5.41) is 7.48. The number of morpholine rings is 1. The standard InChI is InChI=1S/C18H35N3O3S/c1-14(2)13-25(22,23)21-9-6-15(7-10-21)20-17-5-3-4-16(17)18-12-24-11-8-19-18/h14-20H,3-13H2,1-2H3. The van der Waals surface area contributed by atoms with E-state index in [0.29, 0.717) is 37.1 Å². The molecule has 1 aliphatic carbocycles. The molecule has 2 N–H and O–H groups in total. The molecule has 3 aliphatic rings. The molecule has 2 heterocycles. The molecular formula is C18H35N3O3S. The van der Waals surface area contributed by atoms with Crippen molar-refractivity contribution in [3.63, 3.8) is 0 Å². The van der Waals surface area contributed by atoms with Crippen molar-refractivity contribution in [3.8, 4) is 0 Å². The zero-order valence-electron chi connectivity index (χ0n) is 15.7. The summed E-state index contributed by atoms with van der Waals surface area (Å²) in [6, 6.07) is 1.46.